The quantitative estimate of drug-likeness (QED) is 0.733. The molecular weight excluding hydrogens is 337 g/mol. The number of carbonyl (C=O) groups excluding carboxylic acids is 1. The number of rotatable bonds is 6. The van der Waals surface area contributed by atoms with Gasteiger partial charge in [-0.2, -0.15) is 5.10 Å². The Morgan fingerprint density at radius 3 is 2.73 bits per heavy atom. The smallest absolute Gasteiger partial charge is 0.276 e. The summed E-state index contributed by atoms with van der Waals surface area (Å²) < 4.78 is 25.9. The highest BCUT2D eigenvalue weighted by atomic mass is 19.1. The van der Waals surface area contributed by atoms with Gasteiger partial charge in [0.25, 0.3) is 5.91 Å². The van der Waals surface area contributed by atoms with Crippen molar-refractivity contribution >= 4 is 11.6 Å². The molecule has 0 spiro atoms. The first kappa shape index (κ1) is 17.5. The van der Waals surface area contributed by atoms with Crippen molar-refractivity contribution in [2.75, 3.05) is 19.0 Å². The monoisotopic (exact) mass is 355 g/mol. The van der Waals surface area contributed by atoms with E-state index in [0.717, 1.165) is 0 Å². The summed E-state index contributed by atoms with van der Waals surface area (Å²) in [6.45, 7) is 2.39. The molecule has 1 amide bonds. The molecule has 0 radical (unpaired) electrons. The number of ether oxygens (including phenoxy) is 2. The average molecular weight is 355 g/mol. The minimum atomic E-state index is -0.418. The van der Waals surface area contributed by atoms with E-state index in [1.165, 1.54) is 30.1 Å². The van der Waals surface area contributed by atoms with Crippen molar-refractivity contribution in [2.45, 2.75) is 6.92 Å². The second-order valence-corrected chi connectivity index (χ2v) is 5.35. The molecule has 1 aromatic heterocycles. The van der Waals surface area contributed by atoms with Gasteiger partial charge in [0.05, 0.1) is 13.7 Å². The molecule has 1 heterocycles. The Morgan fingerprint density at radius 2 is 2.00 bits per heavy atom. The molecule has 26 heavy (non-hydrogen) atoms. The van der Waals surface area contributed by atoms with Gasteiger partial charge in [0.15, 0.2) is 17.2 Å². The van der Waals surface area contributed by atoms with E-state index in [-0.39, 0.29) is 11.4 Å². The Morgan fingerprint density at radius 1 is 1.19 bits per heavy atom. The van der Waals surface area contributed by atoms with Gasteiger partial charge in [0.2, 0.25) is 0 Å². The molecule has 0 aliphatic heterocycles. The number of amides is 1. The Labute approximate surface area is 150 Å². The van der Waals surface area contributed by atoms with E-state index < -0.39 is 11.7 Å². The number of aromatic nitrogens is 2. The summed E-state index contributed by atoms with van der Waals surface area (Å²) in [6, 6.07) is 12.8. The lowest BCUT2D eigenvalue weighted by molar-refractivity contribution is 0.102. The molecule has 134 valence electrons. The van der Waals surface area contributed by atoms with Crippen molar-refractivity contribution < 1.29 is 18.7 Å². The minimum Gasteiger partial charge on any atom is -0.493 e. The highest BCUT2D eigenvalue weighted by molar-refractivity contribution is 6.03. The van der Waals surface area contributed by atoms with Crippen molar-refractivity contribution in [3.05, 3.63) is 66.2 Å². The van der Waals surface area contributed by atoms with Gasteiger partial charge in [-0.15, -0.1) is 0 Å². The van der Waals surface area contributed by atoms with Gasteiger partial charge in [-0.1, -0.05) is 12.1 Å². The number of halogens is 1. The molecule has 6 nitrogen and oxygen atoms in total. The van der Waals surface area contributed by atoms with Crippen LogP contribution in [0, 0.1) is 5.82 Å². The van der Waals surface area contributed by atoms with Crippen LogP contribution in [0.3, 0.4) is 0 Å². The lowest BCUT2D eigenvalue weighted by Crippen LogP contribution is -2.13. The van der Waals surface area contributed by atoms with E-state index in [1.807, 2.05) is 6.92 Å². The van der Waals surface area contributed by atoms with Crippen molar-refractivity contribution in [2.24, 2.45) is 0 Å². The van der Waals surface area contributed by atoms with Crippen molar-refractivity contribution in [1.82, 2.24) is 9.78 Å². The van der Waals surface area contributed by atoms with Crippen molar-refractivity contribution in [3.63, 3.8) is 0 Å². The number of carbonyl (C=O) groups is 1. The topological polar surface area (TPSA) is 65.4 Å². The van der Waals surface area contributed by atoms with Gasteiger partial charge in [-0.05, 0) is 37.3 Å². The van der Waals surface area contributed by atoms with Crippen LogP contribution in [0.15, 0.2) is 54.7 Å². The molecule has 0 aliphatic carbocycles. The third kappa shape index (κ3) is 3.66. The zero-order valence-electron chi connectivity index (χ0n) is 14.4. The number of hydrogen-bond acceptors (Lipinski definition) is 4. The Hall–Kier alpha value is -3.35. The normalized spacial score (nSPS) is 10.4. The predicted octanol–water partition coefficient (Wildman–Crippen LogP) is 3.67. The molecule has 0 aliphatic rings. The number of anilines is 1. The summed E-state index contributed by atoms with van der Waals surface area (Å²) >= 11 is 0. The van der Waals surface area contributed by atoms with Crippen LogP contribution in [0.25, 0.3) is 5.69 Å². The van der Waals surface area contributed by atoms with E-state index in [4.69, 9.17) is 9.47 Å². The van der Waals surface area contributed by atoms with Crippen LogP contribution >= 0.6 is 0 Å². The standard InChI is InChI=1S/C19H18FN3O3/c1-3-26-17-9-8-13(12-18(17)25-2)21-19(24)15-10-11-23(22-15)16-7-5-4-6-14(16)20/h4-12H,3H2,1-2H3,(H,21,24). The van der Waals surface area contributed by atoms with Crippen LogP contribution in [0.2, 0.25) is 0 Å². The van der Waals surface area contributed by atoms with Crippen LogP contribution in [0.1, 0.15) is 17.4 Å². The highest BCUT2D eigenvalue weighted by Gasteiger charge is 2.13. The molecule has 1 N–H and O–H groups in total. The first-order valence-electron chi connectivity index (χ1n) is 8.05. The number of benzene rings is 2. The van der Waals surface area contributed by atoms with Gasteiger partial charge in [-0.25, -0.2) is 9.07 Å². The van der Waals surface area contributed by atoms with E-state index in [9.17, 15) is 9.18 Å². The Balaban J connectivity index is 1.78. The molecule has 0 unspecified atom stereocenters. The second kappa shape index (κ2) is 7.69. The number of nitrogens with zero attached hydrogens (tertiary/aromatic N) is 2. The molecule has 0 saturated carbocycles. The molecule has 3 rings (SSSR count). The number of hydrogen-bond donors (Lipinski definition) is 1. The molecular formula is C19H18FN3O3. The zero-order chi connectivity index (χ0) is 18.5. The largest absolute Gasteiger partial charge is 0.493 e. The fourth-order valence-corrected chi connectivity index (χ4v) is 2.43. The summed E-state index contributed by atoms with van der Waals surface area (Å²) in [6.07, 6.45) is 1.53. The second-order valence-electron chi connectivity index (χ2n) is 5.35. The molecule has 0 bridgehead atoms. The zero-order valence-corrected chi connectivity index (χ0v) is 14.4. The van der Waals surface area contributed by atoms with E-state index >= 15 is 0 Å². The molecule has 0 saturated heterocycles. The maximum Gasteiger partial charge on any atom is 0.276 e. The summed E-state index contributed by atoms with van der Waals surface area (Å²) in [4.78, 5) is 12.4. The third-order valence-electron chi connectivity index (χ3n) is 3.64. The van der Waals surface area contributed by atoms with Gasteiger partial charge in [0.1, 0.15) is 11.5 Å². The lowest BCUT2D eigenvalue weighted by Gasteiger charge is -2.11. The summed E-state index contributed by atoms with van der Waals surface area (Å²) in [5.41, 5.74) is 0.978. The maximum absolute atomic E-state index is 13.8. The lowest BCUT2D eigenvalue weighted by atomic mass is 10.2. The molecule has 3 aromatic rings. The maximum atomic E-state index is 13.8. The van der Waals surface area contributed by atoms with Crippen LogP contribution in [-0.2, 0) is 0 Å². The molecule has 7 heteroatoms. The Bertz CT molecular complexity index is 924. The summed E-state index contributed by atoms with van der Waals surface area (Å²) in [7, 11) is 1.53. The van der Waals surface area contributed by atoms with Crippen LogP contribution in [0.4, 0.5) is 10.1 Å². The highest BCUT2D eigenvalue weighted by Crippen LogP contribution is 2.30. The summed E-state index contributed by atoms with van der Waals surface area (Å²) in [5, 5.41) is 6.87. The predicted molar refractivity (Wildman–Crippen MR) is 95.6 cm³/mol. The average Bonchev–Trinajstić information content (AvgIpc) is 3.13. The van der Waals surface area contributed by atoms with Crippen molar-refractivity contribution in [3.8, 4) is 17.2 Å². The van der Waals surface area contributed by atoms with E-state index in [2.05, 4.69) is 10.4 Å². The first-order valence-corrected chi connectivity index (χ1v) is 8.05. The molecule has 2 aromatic carbocycles. The summed E-state index contributed by atoms with van der Waals surface area (Å²) in [5.74, 6) is 0.281. The Kier molecular flexibility index (Phi) is 5.17. The fourth-order valence-electron chi connectivity index (χ4n) is 2.43. The minimum absolute atomic E-state index is 0.168. The van der Waals surface area contributed by atoms with Crippen molar-refractivity contribution in [1.29, 1.82) is 0 Å². The van der Waals surface area contributed by atoms with E-state index in [1.54, 1.807) is 36.4 Å². The van der Waals surface area contributed by atoms with Crippen LogP contribution in [0.5, 0.6) is 11.5 Å². The fraction of sp³-hybridized carbons (Fsp3) is 0.158. The van der Waals surface area contributed by atoms with Gasteiger partial charge in [0, 0.05) is 18.0 Å². The first-order chi connectivity index (χ1) is 12.6. The van der Waals surface area contributed by atoms with Crippen LogP contribution < -0.4 is 14.8 Å². The van der Waals surface area contributed by atoms with Gasteiger partial charge < -0.3 is 14.8 Å². The van der Waals surface area contributed by atoms with Crippen LogP contribution in [-0.4, -0.2) is 29.4 Å². The SMILES string of the molecule is CCOc1ccc(NC(=O)c2ccn(-c3ccccc3F)n2)cc1OC. The third-order valence-corrected chi connectivity index (χ3v) is 3.64. The molecule has 0 fully saturated rings. The van der Waals surface area contributed by atoms with Gasteiger partial charge in [-0.3, -0.25) is 4.79 Å². The number of nitrogens with one attached hydrogen (secondary N) is 1. The number of methoxy groups -OCH3 is 1. The van der Waals surface area contributed by atoms with Gasteiger partial charge >= 0.3 is 0 Å². The van der Waals surface area contributed by atoms with E-state index in [0.29, 0.717) is 23.8 Å². The molecule has 0 atom stereocenters. The number of para-hydroxylation sites is 1.